The molecule has 0 aliphatic rings. The van der Waals surface area contributed by atoms with Crippen LogP contribution < -0.4 is 10.5 Å². The maximum atomic E-state index is 12.9. The fourth-order valence-corrected chi connectivity index (χ4v) is 3.30. The molecule has 0 heterocycles. The molecule has 1 rings (SSSR count). The number of halogens is 3. The molecule has 0 spiro atoms. The van der Waals surface area contributed by atoms with E-state index < -0.39 is 32.7 Å². The molecule has 1 atom stereocenters. The van der Waals surface area contributed by atoms with E-state index in [1.165, 1.54) is 6.07 Å². The van der Waals surface area contributed by atoms with Gasteiger partial charge in [-0.15, -0.1) is 0 Å². The van der Waals surface area contributed by atoms with Crippen molar-refractivity contribution in [2.75, 3.05) is 0 Å². The monoisotopic (exact) mass is 323 g/mol. The number of rotatable bonds is 6. The molecule has 0 bridgehead atoms. The molecular formula is C12H16F3N3O2S. The number of benzene rings is 1. The quantitative estimate of drug-likeness (QED) is 0.552. The van der Waals surface area contributed by atoms with Gasteiger partial charge in [0, 0.05) is 12.5 Å². The molecule has 0 aliphatic carbocycles. The zero-order valence-corrected chi connectivity index (χ0v) is 12.1. The molecule has 0 aromatic heterocycles. The molecule has 9 heteroatoms. The molecule has 118 valence electrons. The summed E-state index contributed by atoms with van der Waals surface area (Å²) in [5, 5.41) is 7.14. The van der Waals surface area contributed by atoms with Crippen LogP contribution in [0.15, 0.2) is 29.2 Å². The normalized spacial score (nSPS) is 13.9. The lowest BCUT2D eigenvalue weighted by Gasteiger charge is -2.18. The number of hydrogen-bond acceptors (Lipinski definition) is 3. The number of nitrogens with two attached hydrogens (primary N) is 1. The van der Waals surface area contributed by atoms with Crippen LogP contribution in [0.5, 0.6) is 0 Å². The lowest BCUT2D eigenvalue weighted by atomic mass is 10.1. The van der Waals surface area contributed by atoms with Crippen molar-refractivity contribution in [2.45, 2.75) is 36.9 Å². The van der Waals surface area contributed by atoms with Gasteiger partial charge in [0.2, 0.25) is 10.0 Å². The SMILES string of the molecule is CCC(CC(=N)N)NS(=O)(=O)c1ccccc1C(F)(F)F. The lowest BCUT2D eigenvalue weighted by Crippen LogP contribution is -2.38. The second-order valence-electron chi connectivity index (χ2n) is 4.45. The van der Waals surface area contributed by atoms with Crippen LogP contribution in [0.25, 0.3) is 0 Å². The highest BCUT2D eigenvalue weighted by molar-refractivity contribution is 7.89. The minimum absolute atomic E-state index is 0.0656. The molecule has 1 aromatic carbocycles. The van der Waals surface area contributed by atoms with Crippen LogP contribution in [0.2, 0.25) is 0 Å². The maximum absolute atomic E-state index is 12.9. The van der Waals surface area contributed by atoms with Crippen LogP contribution in [0, 0.1) is 5.41 Å². The number of amidine groups is 1. The minimum atomic E-state index is -4.77. The van der Waals surface area contributed by atoms with Crippen molar-refractivity contribution in [1.82, 2.24) is 4.72 Å². The van der Waals surface area contributed by atoms with E-state index in [1.54, 1.807) is 6.92 Å². The molecule has 0 saturated carbocycles. The second kappa shape index (κ2) is 6.44. The van der Waals surface area contributed by atoms with Crippen molar-refractivity contribution in [1.29, 1.82) is 5.41 Å². The van der Waals surface area contributed by atoms with Gasteiger partial charge in [0.1, 0.15) is 0 Å². The van der Waals surface area contributed by atoms with Crippen LogP contribution in [0.3, 0.4) is 0 Å². The largest absolute Gasteiger partial charge is 0.417 e. The van der Waals surface area contributed by atoms with Crippen molar-refractivity contribution in [2.24, 2.45) is 5.73 Å². The number of alkyl halides is 3. The molecule has 0 aliphatic heterocycles. The summed E-state index contributed by atoms with van der Waals surface area (Å²) in [4.78, 5) is -0.834. The average Bonchev–Trinajstić information content (AvgIpc) is 2.36. The topological polar surface area (TPSA) is 96.0 Å². The van der Waals surface area contributed by atoms with Gasteiger partial charge in [0.25, 0.3) is 0 Å². The van der Waals surface area contributed by atoms with Gasteiger partial charge in [0.15, 0.2) is 0 Å². The van der Waals surface area contributed by atoms with Gasteiger partial charge in [-0.05, 0) is 18.6 Å². The number of hydrogen-bond donors (Lipinski definition) is 3. The molecule has 0 fully saturated rings. The number of sulfonamides is 1. The van der Waals surface area contributed by atoms with E-state index in [-0.39, 0.29) is 12.3 Å². The highest BCUT2D eigenvalue weighted by Gasteiger charge is 2.37. The lowest BCUT2D eigenvalue weighted by molar-refractivity contribution is -0.139. The van der Waals surface area contributed by atoms with Gasteiger partial charge < -0.3 is 5.73 Å². The first-order chi connectivity index (χ1) is 9.58. The third kappa shape index (κ3) is 4.71. The van der Waals surface area contributed by atoms with E-state index in [4.69, 9.17) is 11.1 Å². The highest BCUT2D eigenvalue weighted by atomic mass is 32.2. The average molecular weight is 323 g/mol. The van der Waals surface area contributed by atoms with Crippen molar-refractivity contribution >= 4 is 15.9 Å². The number of nitrogens with one attached hydrogen (secondary N) is 2. The van der Waals surface area contributed by atoms with Crippen molar-refractivity contribution in [3.05, 3.63) is 29.8 Å². The molecule has 0 saturated heterocycles. The fraction of sp³-hybridized carbons (Fsp3) is 0.417. The van der Waals surface area contributed by atoms with Gasteiger partial charge >= 0.3 is 6.18 Å². The van der Waals surface area contributed by atoms with Gasteiger partial charge in [-0.3, -0.25) is 5.41 Å². The molecule has 0 radical (unpaired) electrons. The maximum Gasteiger partial charge on any atom is 0.417 e. The minimum Gasteiger partial charge on any atom is -0.388 e. The van der Waals surface area contributed by atoms with Crippen molar-refractivity contribution in [3.63, 3.8) is 0 Å². The van der Waals surface area contributed by atoms with Gasteiger partial charge in [-0.1, -0.05) is 19.1 Å². The highest BCUT2D eigenvalue weighted by Crippen LogP contribution is 2.33. The Kier molecular flexibility index (Phi) is 5.35. The predicted molar refractivity (Wildman–Crippen MR) is 72.4 cm³/mol. The molecule has 1 unspecified atom stereocenters. The standard InChI is InChI=1S/C12H16F3N3O2S/c1-2-8(7-11(16)17)18-21(19,20)10-6-4-3-5-9(10)12(13,14)15/h3-6,8,18H,2,7H2,1H3,(H3,16,17). The van der Waals surface area contributed by atoms with E-state index in [0.29, 0.717) is 12.5 Å². The zero-order valence-electron chi connectivity index (χ0n) is 11.2. The summed E-state index contributed by atoms with van der Waals surface area (Å²) < 4.78 is 65.0. The van der Waals surface area contributed by atoms with Gasteiger partial charge in [0.05, 0.1) is 16.3 Å². The Balaban J connectivity index is 3.17. The molecule has 1 aromatic rings. The summed E-state index contributed by atoms with van der Waals surface area (Å²) in [6, 6.07) is 3.21. The Hall–Kier alpha value is -1.61. The van der Waals surface area contributed by atoms with E-state index in [9.17, 15) is 21.6 Å². The van der Waals surface area contributed by atoms with Crippen LogP contribution in [-0.2, 0) is 16.2 Å². The van der Waals surface area contributed by atoms with Gasteiger partial charge in [-0.2, -0.15) is 13.2 Å². The van der Waals surface area contributed by atoms with E-state index in [0.717, 1.165) is 12.1 Å². The molecule has 4 N–H and O–H groups in total. The van der Waals surface area contributed by atoms with Crippen LogP contribution in [0.1, 0.15) is 25.3 Å². The molecule has 21 heavy (non-hydrogen) atoms. The smallest absolute Gasteiger partial charge is 0.388 e. The first-order valence-corrected chi connectivity index (χ1v) is 7.57. The summed E-state index contributed by atoms with van der Waals surface area (Å²) in [5.41, 5.74) is 3.97. The third-order valence-corrected chi connectivity index (χ3v) is 4.34. The predicted octanol–water partition coefficient (Wildman–Crippen LogP) is 2.09. The Morgan fingerprint density at radius 3 is 2.43 bits per heavy atom. The first kappa shape index (κ1) is 17.4. The summed E-state index contributed by atoms with van der Waals surface area (Å²) in [7, 11) is -4.35. The summed E-state index contributed by atoms with van der Waals surface area (Å²) in [6.07, 6.45) is -4.54. The Morgan fingerprint density at radius 2 is 1.95 bits per heavy atom. The third-order valence-electron chi connectivity index (χ3n) is 2.76. The Bertz CT molecular complexity index is 614. The van der Waals surface area contributed by atoms with E-state index >= 15 is 0 Å². The molecule has 5 nitrogen and oxygen atoms in total. The van der Waals surface area contributed by atoms with Crippen molar-refractivity contribution in [3.8, 4) is 0 Å². The second-order valence-corrected chi connectivity index (χ2v) is 6.13. The van der Waals surface area contributed by atoms with Crippen LogP contribution in [-0.4, -0.2) is 20.3 Å². The molecule has 0 amide bonds. The van der Waals surface area contributed by atoms with Crippen LogP contribution >= 0.6 is 0 Å². The summed E-state index contributed by atoms with van der Waals surface area (Å²) >= 11 is 0. The Morgan fingerprint density at radius 1 is 1.38 bits per heavy atom. The summed E-state index contributed by atoms with van der Waals surface area (Å²) in [5.74, 6) is -0.242. The van der Waals surface area contributed by atoms with E-state index in [1.807, 2.05) is 0 Å². The summed E-state index contributed by atoms with van der Waals surface area (Å²) in [6.45, 7) is 1.64. The van der Waals surface area contributed by atoms with E-state index in [2.05, 4.69) is 4.72 Å². The molecular weight excluding hydrogens is 307 g/mol. The van der Waals surface area contributed by atoms with Crippen molar-refractivity contribution < 1.29 is 21.6 Å². The van der Waals surface area contributed by atoms with Gasteiger partial charge in [-0.25, -0.2) is 13.1 Å². The zero-order chi connectivity index (χ0) is 16.3. The van der Waals surface area contributed by atoms with Crippen LogP contribution in [0.4, 0.5) is 13.2 Å². The first-order valence-electron chi connectivity index (χ1n) is 6.09. The fourth-order valence-electron chi connectivity index (χ4n) is 1.75. The Labute approximate surface area is 120 Å².